The van der Waals surface area contributed by atoms with Crippen LogP contribution in [0, 0.1) is 0 Å². The summed E-state index contributed by atoms with van der Waals surface area (Å²) in [5.41, 5.74) is 10.7. The van der Waals surface area contributed by atoms with Gasteiger partial charge in [-0.05, 0) is 12.2 Å². The zero-order valence-electron chi connectivity index (χ0n) is 5.90. The Bertz CT molecular complexity index is 278. The predicted octanol–water partition coefficient (Wildman–Crippen LogP) is -1.21. The van der Waals surface area contributed by atoms with Crippen molar-refractivity contribution in [1.29, 1.82) is 0 Å². The maximum atomic E-state index is 5.40. The van der Waals surface area contributed by atoms with Gasteiger partial charge in [0, 0.05) is 7.05 Å². The number of aromatic nitrogens is 3. The van der Waals surface area contributed by atoms with Gasteiger partial charge in [-0.25, -0.2) is 0 Å². The Morgan fingerprint density at radius 3 is 2.64 bits per heavy atom. The molecule has 1 heterocycles. The number of nitrogens with zero attached hydrogens (tertiary/aromatic N) is 3. The van der Waals surface area contributed by atoms with Gasteiger partial charge in [-0.2, -0.15) is 9.67 Å². The lowest BCUT2D eigenvalue weighted by atomic mass is 10.9. The molecule has 0 aliphatic carbocycles. The van der Waals surface area contributed by atoms with Crippen LogP contribution in [0.4, 0.5) is 11.9 Å². The molecule has 11 heavy (non-hydrogen) atoms. The van der Waals surface area contributed by atoms with Gasteiger partial charge in [-0.3, -0.25) is 0 Å². The molecule has 60 valence electrons. The molecule has 6 nitrogen and oxygen atoms in total. The van der Waals surface area contributed by atoms with Crippen LogP contribution >= 0.6 is 12.2 Å². The SMILES string of the molecule is CNC(=S)n1nc(N)nc1N. The van der Waals surface area contributed by atoms with E-state index >= 15 is 0 Å². The van der Waals surface area contributed by atoms with Crippen molar-refractivity contribution < 1.29 is 0 Å². The summed E-state index contributed by atoms with van der Waals surface area (Å²) in [7, 11) is 1.67. The van der Waals surface area contributed by atoms with Crippen molar-refractivity contribution in [3.8, 4) is 0 Å². The number of hydrogen-bond acceptors (Lipinski definition) is 5. The molecular weight excluding hydrogens is 164 g/mol. The molecule has 1 aromatic rings. The molecule has 1 rings (SSSR count). The number of nitrogen functional groups attached to an aromatic ring is 2. The Kier molecular flexibility index (Phi) is 1.90. The van der Waals surface area contributed by atoms with Gasteiger partial charge in [-0.15, -0.1) is 5.10 Å². The van der Waals surface area contributed by atoms with Crippen LogP contribution < -0.4 is 16.8 Å². The third-order valence-electron chi connectivity index (χ3n) is 1.05. The van der Waals surface area contributed by atoms with E-state index in [9.17, 15) is 0 Å². The molecule has 0 aliphatic heterocycles. The van der Waals surface area contributed by atoms with E-state index in [4.69, 9.17) is 23.7 Å². The van der Waals surface area contributed by atoms with Gasteiger partial charge in [0.25, 0.3) is 0 Å². The molecule has 0 spiro atoms. The van der Waals surface area contributed by atoms with Crippen molar-refractivity contribution in [2.45, 2.75) is 0 Å². The van der Waals surface area contributed by atoms with Crippen LogP contribution in [0.15, 0.2) is 0 Å². The lowest BCUT2D eigenvalue weighted by Crippen LogP contribution is -2.26. The summed E-state index contributed by atoms with van der Waals surface area (Å²) in [6, 6.07) is 0. The van der Waals surface area contributed by atoms with Crippen molar-refractivity contribution >= 4 is 29.2 Å². The molecule has 0 unspecified atom stereocenters. The van der Waals surface area contributed by atoms with E-state index in [-0.39, 0.29) is 11.9 Å². The summed E-state index contributed by atoms with van der Waals surface area (Å²) in [5, 5.41) is 6.79. The van der Waals surface area contributed by atoms with E-state index in [1.54, 1.807) is 7.05 Å². The number of thiocarbonyl (C=S) groups is 1. The molecular formula is C4H8N6S. The van der Waals surface area contributed by atoms with Crippen molar-refractivity contribution in [1.82, 2.24) is 20.1 Å². The van der Waals surface area contributed by atoms with Crippen LogP contribution in [0.1, 0.15) is 0 Å². The standard InChI is InChI=1S/C4H8N6S/c1-7-4(11)10-3(6)8-2(5)9-10/h1H3,(H,7,11)(H4,5,6,8,9). The van der Waals surface area contributed by atoms with Gasteiger partial charge >= 0.3 is 0 Å². The smallest absolute Gasteiger partial charge is 0.241 e. The molecule has 0 atom stereocenters. The third kappa shape index (κ3) is 1.37. The molecule has 0 saturated heterocycles. The quantitative estimate of drug-likeness (QED) is 0.425. The number of hydrogen-bond donors (Lipinski definition) is 3. The van der Waals surface area contributed by atoms with E-state index < -0.39 is 0 Å². The predicted molar refractivity (Wildman–Crippen MR) is 45.9 cm³/mol. The average Bonchev–Trinajstić information content (AvgIpc) is 2.28. The first kappa shape index (κ1) is 7.73. The van der Waals surface area contributed by atoms with E-state index in [1.807, 2.05) is 0 Å². The van der Waals surface area contributed by atoms with Crippen LogP contribution in [-0.4, -0.2) is 26.9 Å². The lowest BCUT2D eigenvalue weighted by Gasteiger charge is -2.00. The molecule has 0 saturated carbocycles. The molecule has 0 bridgehead atoms. The highest BCUT2D eigenvalue weighted by Crippen LogP contribution is 1.99. The second-order valence-corrected chi connectivity index (χ2v) is 2.18. The molecule has 0 fully saturated rings. The number of rotatable bonds is 0. The Labute approximate surface area is 68.6 Å². The Hall–Kier alpha value is -1.37. The maximum Gasteiger partial charge on any atom is 0.241 e. The van der Waals surface area contributed by atoms with Crippen LogP contribution in [-0.2, 0) is 0 Å². The first-order valence-corrected chi connectivity index (χ1v) is 3.26. The van der Waals surface area contributed by atoms with Crippen molar-refractivity contribution in [2.24, 2.45) is 0 Å². The molecule has 0 amide bonds. The average molecular weight is 172 g/mol. The summed E-state index contributed by atoms with van der Waals surface area (Å²) in [4.78, 5) is 3.66. The zero-order chi connectivity index (χ0) is 8.43. The Balaban J connectivity index is 3.03. The van der Waals surface area contributed by atoms with Crippen LogP contribution in [0.25, 0.3) is 0 Å². The largest absolute Gasteiger partial charge is 0.368 e. The van der Waals surface area contributed by atoms with Crippen molar-refractivity contribution in [3.05, 3.63) is 0 Å². The molecule has 1 aromatic heterocycles. The molecule has 7 heteroatoms. The fourth-order valence-corrected chi connectivity index (χ4v) is 0.730. The highest BCUT2D eigenvalue weighted by atomic mass is 32.1. The second-order valence-electron chi connectivity index (χ2n) is 1.80. The molecule has 5 N–H and O–H groups in total. The minimum atomic E-state index is 0.111. The summed E-state index contributed by atoms with van der Waals surface area (Å²) < 4.78 is 1.25. The summed E-state index contributed by atoms with van der Waals surface area (Å²) in [6.45, 7) is 0. The summed E-state index contributed by atoms with van der Waals surface area (Å²) >= 11 is 4.84. The highest BCUT2D eigenvalue weighted by Gasteiger charge is 2.05. The molecule has 0 radical (unpaired) electrons. The van der Waals surface area contributed by atoms with Crippen molar-refractivity contribution in [3.63, 3.8) is 0 Å². The monoisotopic (exact) mass is 172 g/mol. The normalized spacial score (nSPS) is 9.55. The molecule has 0 aliphatic rings. The first-order valence-electron chi connectivity index (χ1n) is 2.85. The Morgan fingerprint density at radius 2 is 2.27 bits per heavy atom. The van der Waals surface area contributed by atoms with Gasteiger partial charge in [0.15, 0.2) is 5.11 Å². The Morgan fingerprint density at radius 1 is 1.64 bits per heavy atom. The summed E-state index contributed by atoms with van der Waals surface area (Å²) in [6.07, 6.45) is 0. The fourth-order valence-electron chi connectivity index (χ4n) is 0.596. The van der Waals surface area contributed by atoms with Gasteiger partial charge < -0.3 is 16.8 Å². The van der Waals surface area contributed by atoms with Gasteiger partial charge in [0.2, 0.25) is 11.9 Å². The van der Waals surface area contributed by atoms with Crippen molar-refractivity contribution in [2.75, 3.05) is 18.5 Å². The topological polar surface area (TPSA) is 94.8 Å². The maximum absolute atomic E-state index is 5.40. The molecule has 0 aromatic carbocycles. The second kappa shape index (κ2) is 2.70. The van der Waals surface area contributed by atoms with Gasteiger partial charge in [0.05, 0.1) is 0 Å². The number of anilines is 2. The van der Waals surface area contributed by atoms with Crippen LogP contribution in [0.5, 0.6) is 0 Å². The van der Waals surface area contributed by atoms with E-state index in [0.29, 0.717) is 5.11 Å². The van der Waals surface area contributed by atoms with Gasteiger partial charge in [0.1, 0.15) is 0 Å². The van der Waals surface area contributed by atoms with E-state index in [1.165, 1.54) is 4.68 Å². The first-order chi connectivity index (χ1) is 5.15. The lowest BCUT2D eigenvalue weighted by molar-refractivity contribution is 0.917. The summed E-state index contributed by atoms with van der Waals surface area (Å²) in [5.74, 6) is 0.293. The van der Waals surface area contributed by atoms with Gasteiger partial charge in [-0.1, -0.05) is 0 Å². The van der Waals surface area contributed by atoms with Crippen LogP contribution in [0.3, 0.4) is 0 Å². The number of nitrogens with two attached hydrogens (primary N) is 2. The van der Waals surface area contributed by atoms with Crippen LogP contribution in [0.2, 0.25) is 0 Å². The van der Waals surface area contributed by atoms with E-state index in [0.717, 1.165) is 0 Å². The minimum absolute atomic E-state index is 0.111. The number of nitrogens with one attached hydrogen (secondary N) is 1. The minimum Gasteiger partial charge on any atom is -0.368 e. The zero-order valence-corrected chi connectivity index (χ0v) is 6.72. The fraction of sp³-hybridized carbons (Fsp3) is 0.250. The highest BCUT2D eigenvalue weighted by molar-refractivity contribution is 7.80. The van der Waals surface area contributed by atoms with E-state index in [2.05, 4.69) is 15.4 Å². The third-order valence-corrected chi connectivity index (χ3v) is 1.43.